The Labute approximate surface area is 198 Å². The third kappa shape index (κ3) is 4.62. The Morgan fingerprint density at radius 1 is 0.788 bits per heavy atom. The fourth-order valence-corrected chi connectivity index (χ4v) is 5.19. The van der Waals surface area contributed by atoms with Crippen molar-refractivity contribution >= 4 is 40.4 Å². The summed E-state index contributed by atoms with van der Waals surface area (Å²) in [6.45, 7) is 0. The SMILES string of the molecule is O=P(Nc1cc2c(Br)cccc2n1-c1ncccn1)(Oc1ccccc1)Oc1ccccc1. The average Bonchev–Trinajstić information content (AvgIpc) is 3.19. The lowest BCUT2D eigenvalue weighted by molar-refractivity contribution is 0.392. The molecule has 5 aromatic rings. The zero-order valence-electron chi connectivity index (χ0n) is 17.2. The van der Waals surface area contributed by atoms with Crippen molar-refractivity contribution in [3.63, 3.8) is 0 Å². The average molecular weight is 521 g/mol. The van der Waals surface area contributed by atoms with Crippen LogP contribution in [0.15, 0.2) is 108 Å². The highest BCUT2D eigenvalue weighted by Gasteiger charge is 2.31. The van der Waals surface area contributed by atoms with Crippen molar-refractivity contribution in [2.45, 2.75) is 0 Å². The summed E-state index contributed by atoms with van der Waals surface area (Å²) in [4.78, 5) is 8.77. The molecular formula is C24H18BrN4O3P. The van der Waals surface area contributed by atoms with E-state index in [0.29, 0.717) is 23.3 Å². The zero-order valence-corrected chi connectivity index (χ0v) is 19.7. The summed E-state index contributed by atoms with van der Waals surface area (Å²) in [5.41, 5.74) is 0.823. The summed E-state index contributed by atoms with van der Waals surface area (Å²) in [6, 6.07) is 27.1. The number of fused-ring (bicyclic) bond motifs is 1. The molecule has 0 aliphatic heterocycles. The monoisotopic (exact) mass is 520 g/mol. The smallest absolute Gasteiger partial charge is 0.400 e. The van der Waals surface area contributed by atoms with Gasteiger partial charge in [-0.3, -0.25) is 9.65 Å². The number of hydrogen-bond acceptors (Lipinski definition) is 5. The number of halogens is 1. The highest BCUT2D eigenvalue weighted by atomic mass is 79.9. The van der Waals surface area contributed by atoms with Gasteiger partial charge in [-0.2, -0.15) is 0 Å². The van der Waals surface area contributed by atoms with Crippen LogP contribution in [0.3, 0.4) is 0 Å². The van der Waals surface area contributed by atoms with Gasteiger partial charge >= 0.3 is 7.75 Å². The Bertz CT molecular complexity index is 1380. The lowest BCUT2D eigenvalue weighted by Gasteiger charge is -2.21. The number of anilines is 1. The molecule has 164 valence electrons. The van der Waals surface area contributed by atoms with E-state index in [1.807, 2.05) is 36.4 Å². The predicted octanol–water partition coefficient (Wildman–Crippen LogP) is 6.86. The number of para-hydroxylation sites is 2. The number of benzene rings is 3. The van der Waals surface area contributed by atoms with Gasteiger partial charge in [0.2, 0.25) is 5.95 Å². The van der Waals surface area contributed by atoms with E-state index < -0.39 is 7.75 Å². The second-order valence-corrected chi connectivity index (χ2v) is 9.44. The maximum atomic E-state index is 14.0. The molecule has 1 N–H and O–H groups in total. The molecular weight excluding hydrogens is 503 g/mol. The third-order valence-corrected chi connectivity index (χ3v) is 6.83. The van der Waals surface area contributed by atoms with Gasteiger partial charge in [-0.1, -0.05) is 58.4 Å². The second kappa shape index (κ2) is 9.10. The molecule has 0 radical (unpaired) electrons. The van der Waals surface area contributed by atoms with Gasteiger partial charge in [0.15, 0.2) is 0 Å². The maximum absolute atomic E-state index is 14.0. The van der Waals surface area contributed by atoms with Crippen LogP contribution in [0.2, 0.25) is 0 Å². The van der Waals surface area contributed by atoms with E-state index >= 15 is 0 Å². The van der Waals surface area contributed by atoms with Crippen LogP contribution in [0.5, 0.6) is 11.5 Å². The molecule has 2 heterocycles. The fraction of sp³-hybridized carbons (Fsp3) is 0. The molecule has 0 atom stereocenters. The first-order chi connectivity index (χ1) is 16.1. The molecule has 9 heteroatoms. The number of rotatable bonds is 7. The summed E-state index contributed by atoms with van der Waals surface area (Å²) in [5.74, 6) is 1.69. The number of nitrogens with zero attached hydrogens (tertiary/aromatic N) is 3. The van der Waals surface area contributed by atoms with Gasteiger partial charge in [-0.05, 0) is 48.5 Å². The molecule has 0 bridgehead atoms. The minimum atomic E-state index is -3.94. The Morgan fingerprint density at radius 3 is 2.00 bits per heavy atom. The maximum Gasteiger partial charge on any atom is 0.542 e. The van der Waals surface area contributed by atoms with Crippen molar-refractivity contribution in [3.05, 3.63) is 108 Å². The molecule has 3 aromatic carbocycles. The topological polar surface area (TPSA) is 78.3 Å². The van der Waals surface area contributed by atoms with Gasteiger partial charge in [0.05, 0.1) is 5.52 Å². The number of nitrogens with one attached hydrogen (secondary N) is 1. The van der Waals surface area contributed by atoms with Crippen molar-refractivity contribution < 1.29 is 13.6 Å². The van der Waals surface area contributed by atoms with Gasteiger partial charge < -0.3 is 9.05 Å². The first-order valence-electron chi connectivity index (χ1n) is 10.1. The largest absolute Gasteiger partial charge is 0.542 e. The van der Waals surface area contributed by atoms with Crippen LogP contribution >= 0.6 is 23.7 Å². The molecule has 2 aromatic heterocycles. The molecule has 0 amide bonds. The van der Waals surface area contributed by atoms with E-state index in [1.54, 1.807) is 71.6 Å². The van der Waals surface area contributed by atoms with Crippen LogP contribution < -0.4 is 14.1 Å². The second-order valence-electron chi connectivity index (χ2n) is 7.00. The zero-order chi connectivity index (χ0) is 22.7. The molecule has 0 spiro atoms. The Morgan fingerprint density at radius 2 is 1.39 bits per heavy atom. The van der Waals surface area contributed by atoms with Crippen LogP contribution in [0.25, 0.3) is 16.9 Å². The van der Waals surface area contributed by atoms with Gasteiger partial charge in [-0.15, -0.1) is 0 Å². The quantitative estimate of drug-likeness (QED) is 0.236. The molecule has 7 nitrogen and oxygen atoms in total. The summed E-state index contributed by atoms with van der Waals surface area (Å²) < 4.78 is 28.5. The first-order valence-corrected chi connectivity index (χ1v) is 12.4. The fourth-order valence-electron chi connectivity index (χ4n) is 3.34. The molecule has 5 rings (SSSR count). The highest BCUT2D eigenvalue weighted by molar-refractivity contribution is 9.10. The lowest BCUT2D eigenvalue weighted by Crippen LogP contribution is -2.13. The van der Waals surface area contributed by atoms with Crippen molar-refractivity contribution in [2.75, 3.05) is 5.09 Å². The standard InChI is InChI=1S/C24H18BrN4O3P/c25-21-13-7-14-22-20(21)17-23(29(22)24-26-15-8-16-27-24)28-33(30,31-18-9-3-1-4-10-18)32-19-11-5-2-6-12-19/h1-17H,(H,28,30). The van der Waals surface area contributed by atoms with Crippen LogP contribution in [-0.2, 0) is 4.57 Å². The number of aromatic nitrogens is 3. The van der Waals surface area contributed by atoms with Crippen molar-refractivity contribution in [2.24, 2.45) is 0 Å². The van der Waals surface area contributed by atoms with E-state index in [-0.39, 0.29) is 0 Å². The Kier molecular flexibility index (Phi) is 5.86. The minimum Gasteiger partial charge on any atom is -0.400 e. The van der Waals surface area contributed by atoms with Crippen LogP contribution in [0.4, 0.5) is 5.82 Å². The molecule has 0 unspecified atom stereocenters. The molecule has 0 saturated heterocycles. The summed E-state index contributed by atoms with van der Waals surface area (Å²) in [6.07, 6.45) is 3.30. The lowest BCUT2D eigenvalue weighted by atomic mass is 10.2. The van der Waals surface area contributed by atoms with Gasteiger partial charge in [0.25, 0.3) is 0 Å². The van der Waals surface area contributed by atoms with Gasteiger partial charge in [-0.25, -0.2) is 14.5 Å². The van der Waals surface area contributed by atoms with E-state index in [4.69, 9.17) is 9.05 Å². The molecule has 0 saturated carbocycles. The number of hydrogen-bond donors (Lipinski definition) is 1. The van der Waals surface area contributed by atoms with E-state index in [0.717, 1.165) is 15.4 Å². The van der Waals surface area contributed by atoms with Crippen molar-refractivity contribution in [1.82, 2.24) is 14.5 Å². The van der Waals surface area contributed by atoms with Crippen molar-refractivity contribution in [3.8, 4) is 17.4 Å². The van der Waals surface area contributed by atoms with Crippen LogP contribution in [0.1, 0.15) is 0 Å². The van der Waals surface area contributed by atoms with E-state index in [2.05, 4.69) is 31.0 Å². The van der Waals surface area contributed by atoms with Crippen LogP contribution in [-0.4, -0.2) is 14.5 Å². The highest BCUT2D eigenvalue weighted by Crippen LogP contribution is 2.49. The van der Waals surface area contributed by atoms with Gasteiger partial charge in [0.1, 0.15) is 17.3 Å². The Hall–Kier alpha value is -3.61. The Balaban J connectivity index is 1.62. The summed E-state index contributed by atoms with van der Waals surface area (Å²) in [5, 5.41) is 3.90. The van der Waals surface area contributed by atoms with Crippen molar-refractivity contribution in [1.29, 1.82) is 0 Å². The first kappa shape index (κ1) is 21.2. The van der Waals surface area contributed by atoms with E-state index in [9.17, 15) is 4.57 Å². The van der Waals surface area contributed by atoms with Crippen LogP contribution in [0, 0.1) is 0 Å². The molecule has 33 heavy (non-hydrogen) atoms. The minimum absolute atomic E-state index is 0.407. The molecule has 0 fully saturated rings. The summed E-state index contributed by atoms with van der Waals surface area (Å²) >= 11 is 3.59. The normalized spacial score (nSPS) is 11.3. The van der Waals surface area contributed by atoms with E-state index in [1.165, 1.54) is 0 Å². The molecule has 0 aliphatic carbocycles. The summed E-state index contributed by atoms with van der Waals surface area (Å²) in [7, 11) is -3.94. The van der Waals surface area contributed by atoms with Gasteiger partial charge in [0, 0.05) is 22.3 Å². The molecule has 0 aliphatic rings. The predicted molar refractivity (Wildman–Crippen MR) is 132 cm³/mol. The third-order valence-electron chi connectivity index (χ3n) is 4.73.